The molecule has 0 bridgehead atoms. The Morgan fingerprint density at radius 1 is 0.333 bits per heavy atom. The van der Waals surface area contributed by atoms with Gasteiger partial charge in [-0.1, -0.05) is 97.1 Å². The second-order valence-corrected chi connectivity index (χ2v) is 11.1. The van der Waals surface area contributed by atoms with Gasteiger partial charge in [0.05, 0.1) is 22.1 Å². The van der Waals surface area contributed by atoms with Gasteiger partial charge in [-0.3, -0.25) is 0 Å². The molecule has 0 N–H and O–H groups in total. The fourth-order valence-electron chi connectivity index (χ4n) is 6.56. The molecule has 2 nitrogen and oxygen atoms in total. The van der Waals surface area contributed by atoms with E-state index in [0.717, 1.165) is 0 Å². The minimum atomic E-state index is 1.18. The Morgan fingerprint density at radius 3 is 0.881 bits per heavy atom. The average molecular weight is 539 g/mol. The molecule has 2 heterocycles. The van der Waals surface area contributed by atoms with Crippen molar-refractivity contribution in [1.29, 1.82) is 0 Å². The van der Waals surface area contributed by atoms with Crippen molar-refractivity contribution in [1.82, 2.24) is 9.13 Å². The van der Waals surface area contributed by atoms with Gasteiger partial charge in [0.1, 0.15) is 0 Å². The highest BCUT2D eigenvalue weighted by atomic mass is 15.0. The maximum Gasteiger partial charge on any atom is 0.0541 e. The lowest BCUT2D eigenvalue weighted by Crippen LogP contribution is -1.95. The molecule has 0 saturated heterocycles. The molecule has 0 saturated carbocycles. The van der Waals surface area contributed by atoms with Crippen molar-refractivity contribution in [2.75, 3.05) is 0 Å². The zero-order chi connectivity index (χ0) is 28.2. The standard InChI is InChI=1S/C40H30N2/c1-27(29-19-23-31(24-20-29)41-37-15-7-3-11-33(37)34-12-4-8-16-38(34)41)28(2)30-21-25-32(26-22-30)42-39-17-9-5-13-35(39)36-14-6-10-18-40(36)42/h3-26H,1-2H3/b28-27-. The Balaban J connectivity index is 1.15. The summed E-state index contributed by atoms with van der Waals surface area (Å²) in [6, 6.07) is 52.7. The molecule has 0 aliphatic rings. The first-order valence-corrected chi connectivity index (χ1v) is 14.5. The van der Waals surface area contributed by atoms with Gasteiger partial charge in [-0.05, 0) is 84.7 Å². The topological polar surface area (TPSA) is 9.86 Å². The summed E-state index contributed by atoms with van der Waals surface area (Å²) in [6.07, 6.45) is 0. The first-order chi connectivity index (χ1) is 20.7. The minimum absolute atomic E-state index is 1.18. The number of hydrogen-bond donors (Lipinski definition) is 0. The summed E-state index contributed by atoms with van der Waals surface area (Å²) in [5, 5.41) is 5.14. The molecule has 0 unspecified atom stereocenters. The molecule has 0 atom stereocenters. The van der Waals surface area contributed by atoms with E-state index < -0.39 is 0 Å². The van der Waals surface area contributed by atoms with Gasteiger partial charge in [-0.15, -0.1) is 0 Å². The Morgan fingerprint density at radius 2 is 0.595 bits per heavy atom. The number of benzene rings is 6. The van der Waals surface area contributed by atoms with Crippen molar-refractivity contribution in [2.45, 2.75) is 13.8 Å². The molecule has 0 amide bonds. The Bertz CT molecular complexity index is 2020. The predicted molar refractivity (Wildman–Crippen MR) is 180 cm³/mol. The van der Waals surface area contributed by atoms with Gasteiger partial charge < -0.3 is 9.13 Å². The SMILES string of the molecule is C/C(=C(\C)c1ccc(-n2c3ccccc3c3ccccc32)cc1)c1ccc(-n2c3ccccc3c3ccccc32)cc1. The van der Waals surface area contributed by atoms with Crippen molar-refractivity contribution in [3.05, 3.63) is 157 Å². The number of fused-ring (bicyclic) bond motifs is 6. The van der Waals surface area contributed by atoms with Gasteiger partial charge in [0.15, 0.2) is 0 Å². The van der Waals surface area contributed by atoms with Crippen LogP contribution < -0.4 is 0 Å². The highest BCUT2D eigenvalue weighted by Gasteiger charge is 2.13. The summed E-state index contributed by atoms with van der Waals surface area (Å²) < 4.78 is 4.74. The summed E-state index contributed by atoms with van der Waals surface area (Å²) >= 11 is 0. The maximum atomic E-state index is 2.37. The molecule has 0 spiro atoms. The largest absolute Gasteiger partial charge is 0.309 e. The number of allylic oxidation sites excluding steroid dienone is 2. The fourth-order valence-corrected chi connectivity index (χ4v) is 6.56. The maximum absolute atomic E-state index is 2.37. The second-order valence-electron chi connectivity index (χ2n) is 11.1. The van der Waals surface area contributed by atoms with Crippen LogP contribution in [-0.2, 0) is 0 Å². The lowest BCUT2D eigenvalue weighted by atomic mass is 9.96. The molecule has 8 rings (SSSR count). The van der Waals surface area contributed by atoms with Crippen molar-refractivity contribution in [3.63, 3.8) is 0 Å². The van der Waals surface area contributed by atoms with Crippen LogP contribution in [0.5, 0.6) is 0 Å². The molecule has 0 radical (unpaired) electrons. The van der Waals surface area contributed by atoms with Crippen LogP contribution in [-0.4, -0.2) is 9.13 Å². The Hall–Kier alpha value is -5.34. The highest BCUT2D eigenvalue weighted by Crippen LogP contribution is 2.34. The number of nitrogens with zero attached hydrogens (tertiary/aromatic N) is 2. The summed E-state index contributed by atoms with van der Waals surface area (Å²) in [7, 11) is 0. The van der Waals surface area contributed by atoms with Crippen LogP contribution in [0.3, 0.4) is 0 Å². The molecule has 2 aromatic heterocycles. The second kappa shape index (κ2) is 9.64. The van der Waals surface area contributed by atoms with Gasteiger partial charge in [0.25, 0.3) is 0 Å². The molecule has 8 aromatic rings. The van der Waals surface area contributed by atoms with Gasteiger partial charge in [-0.25, -0.2) is 0 Å². The lowest BCUT2D eigenvalue weighted by Gasteiger charge is -2.13. The first-order valence-electron chi connectivity index (χ1n) is 14.5. The molecule has 2 heteroatoms. The fraction of sp³-hybridized carbons (Fsp3) is 0.0500. The van der Waals surface area contributed by atoms with Crippen molar-refractivity contribution in [2.24, 2.45) is 0 Å². The van der Waals surface area contributed by atoms with Crippen LogP contribution in [0, 0.1) is 0 Å². The average Bonchev–Trinajstić information content (AvgIpc) is 3.57. The molecular weight excluding hydrogens is 508 g/mol. The van der Waals surface area contributed by atoms with Crippen LogP contribution in [0.15, 0.2) is 146 Å². The lowest BCUT2D eigenvalue weighted by molar-refractivity contribution is 1.18. The van der Waals surface area contributed by atoms with E-state index in [2.05, 4.69) is 169 Å². The molecule has 0 fully saturated rings. The van der Waals surface area contributed by atoms with Crippen LogP contribution in [0.1, 0.15) is 25.0 Å². The van der Waals surface area contributed by atoms with E-state index in [1.807, 2.05) is 0 Å². The van der Waals surface area contributed by atoms with Gasteiger partial charge in [-0.2, -0.15) is 0 Å². The number of aromatic nitrogens is 2. The minimum Gasteiger partial charge on any atom is -0.309 e. The highest BCUT2D eigenvalue weighted by molar-refractivity contribution is 6.10. The van der Waals surface area contributed by atoms with E-state index in [1.165, 1.54) is 77.3 Å². The normalized spacial score (nSPS) is 12.4. The third kappa shape index (κ3) is 3.73. The summed E-state index contributed by atoms with van der Waals surface area (Å²) in [5.41, 5.74) is 12.3. The van der Waals surface area contributed by atoms with Crippen LogP contribution in [0.4, 0.5) is 0 Å². The predicted octanol–water partition coefficient (Wildman–Crippen LogP) is 10.8. The zero-order valence-electron chi connectivity index (χ0n) is 23.8. The number of para-hydroxylation sites is 4. The Kier molecular flexibility index (Phi) is 5.61. The molecule has 42 heavy (non-hydrogen) atoms. The third-order valence-corrected chi connectivity index (χ3v) is 8.84. The van der Waals surface area contributed by atoms with E-state index in [4.69, 9.17) is 0 Å². The van der Waals surface area contributed by atoms with Gasteiger partial charge in [0, 0.05) is 32.9 Å². The molecular formula is C40H30N2. The molecule has 6 aromatic carbocycles. The molecule has 0 aliphatic carbocycles. The third-order valence-electron chi connectivity index (χ3n) is 8.84. The summed E-state index contributed by atoms with van der Waals surface area (Å²) in [4.78, 5) is 0. The van der Waals surface area contributed by atoms with Gasteiger partial charge in [0.2, 0.25) is 0 Å². The van der Waals surface area contributed by atoms with Gasteiger partial charge >= 0.3 is 0 Å². The van der Waals surface area contributed by atoms with E-state index in [9.17, 15) is 0 Å². The van der Waals surface area contributed by atoms with E-state index >= 15 is 0 Å². The Labute approximate surface area is 245 Å². The van der Waals surface area contributed by atoms with Crippen molar-refractivity contribution in [3.8, 4) is 11.4 Å². The van der Waals surface area contributed by atoms with E-state index in [0.29, 0.717) is 0 Å². The summed E-state index contributed by atoms with van der Waals surface area (Å²) in [6.45, 7) is 4.46. The van der Waals surface area contributed by atoms with Crippen LogP contribution in [0.2, 0.25) is 0 Å². The molecule has 200 valence electrons. The monoisotopic (exact) mass is 538 g/mol. The van der Waals surface area contributed by atoms with E-state index in [-0.39, 0.29) is 0 Å². The first kappa shape index (κ1) is 24.5. The van der Waals surface area contributed by atoms with Crippen LogP contribution >= 0.6 is 0 Å². The smallest absolute Gasteiger partial charge is 0.0541 e. The number of rotatable bonds is 4. The van der Waals surface area contributed by atoms with Crippen molar-refractivity contribution < 1.29 is 0 Å². The number of hydrogen-bond acceptors (Lipinski definition) is 0. The summed E-state index contributed by atoms with van der Waals surface area (Å²) in [5.74, 6) is 0. The zero-order valence-corrected chi connectivity index (χ0v) is 23.8. The van der Waals surface area contributed by atoms with Crippen LogP contribution in [0.25, 0.3) is 66.1 Å². The van der Waals surface area contributed by atoms with E-state index in [1.54, 1.807) is 0 Å². The quantitative estimate of drug-likeness (QED) is 0.197. The van der Waals surface area contributed by atoms with Crippen molar-refractivity contribution >= 4 is 54.8 Å². The molecule has 0 aliphatic heterocycles.